The van der Waals surface area contributed by atoms with Gasteiger partial charge in [-0.15, -0.1) is 0 Å². The van der Waals surface area contributed by atoms with E-state index in [4.69, 9.17) is 4.79 Å². The van der Waals surface area contributed by atoms with Gasteiger partial charge >= 0.3 is 6.18 Å². The molecule has 3 aliphatic heterocycles. The van der Waals surface area contributed by atoms with Crippen LogP contribution < -0.4 is 10.2 Å². The minimum absolute atomic E-state index is 0.712. The van der Waals surface area contributed by atoms with Crippen molar-refractivity contribution in [3.05, 3.63) is 53.1 Å². The van der Waals surface area contributed by atoms with Gasteiger partial charge < -0.3 is 10.2 Å². The van der Waals surface area contributed by atoms with Crippen LogP contribution in [-0.4, -0.2) is 38.6 Å². The summed E-state index contributed by atoms with van der Waals surface area (Å²) in [6, 6.07) is 14.0. The number of aryl methyl sites for hydroxylation is 2. The van der Waals surface area contributed by atoms with Crippen molar-refractivity contribution in [2.24, 2.45) is 5.92 Å². The number of nitrogens with one attached hydrogen (secondary N) is 1. The Morgan fingerprint density at radius 2 is 1.83 bits per heavy atom. The highest BCUT2D eigenvalue weighted by Gasteiger charge is 2.38. The molecule has 0 aromatic heterocycles. The lowest BCUT2D eigenvalue weighted by atomic mass is 9.79. The lowest BCUT2D eigenvalue weighted by Gasteiger charge is -2.42. The molecule has 6 heteroatoms. The monoisotopic (exact) mass is 402 g/mol. The smallest absolute Gasteiger partial charge is 0.371 e. The highest BCUT2D eigenvalue weighted by Crippen LogP contribution is 2.46. The molecule has 5 rings (SSSR count). The number of hydrogen-bond donors (Lipinski definition) is 1. The van der Waals surface area contributed by atoms with E-state index in [1.807, 2.05) is 0 Å². The van der Waals surface area contributed by atoms with Gasteiger partial charge in [0.2, 0.25) is 6.29 Å². The van der Waals surface area contributed by atoms with Crippen molar-refractivity contribution >= 4 is 12.0 Å². The molecule has 3 nitrogen and oxygen atoms in total. The molecular formula is C23H25F3N2O. The summed E-state index contributed by atoms with van der Waals surface area (Å²) in [5, 5.41) is 3.63. The van der Waals surface area contributed by atoms with Gasteiger partial charge in [0.05, 0.1) is 0 Å². The van der Waals surface area contributed by atoms with Gasteiger partial charge in [-0.3, -0.25) is 4.79 Å². The molecule has 2 aromatic rings. The van der Waals surface area contributed by atoms with Crippen LogP contribution in [0.4, 0.5) is 18.9 Å². The summed E-state index contributed by atoms with van der Waals surface area (Å²) in [5.41, 5.74) is 8.87. The number of anilines is 1. The fourth-order valence-corrected chi connectivity index (χ4v) is 4.82. The van der Waals surface area contributed by atoms with E-state index in [0.717, 1.165) is 12.5 Å². The largest absolute Gasteiger partial charge is 0.446 e. The minimum Gasteiger partial charge on any atom is -0.371 e. The quantitative estimate of drug-likeness (QED) is 0.714. The van der Waals surface area contributed by atoms with E-state index in [-0.39, 0.29) is 0 Å². The number of carbonyl (C=O) groups is 1. The summed E-state index contributed by atoms with van der Waals surface area (Å²) < 4.78 is 31.2. The molecule has 2 aromatic carbocycles. The second kappa shape index (κ2) is 7.82. The molecule has 2 atom stereocenters. The Labute approximate surface area is 168 Å². The molecule has 154 valence electrons. The Morgan fingerprint density at radius 1 is 1.10 bits per heavy atom. The maximum atomic E-state index is 10.4. The van der Waals surface area contributed by atoms with E-state index in [2.05, 4.69) is 53.5 Å². The van der Waals surface area contributed by atoms with Crippen molar-refractivity contribution in [1.82, 2.24) is 5.32 Å². The Hall–Kier alpha value is -2.34. The van der Waals surface area contributed by atoms with Gasteiger partial charge in [-0.2, -0.15) is 13.2 Å². The highest BCUT2D eigenvalue weighted by atomic mass is 19.4. The van der Waals surface area contributed by atoms with Crippen LogP contribution in [0, 0.1) is 12.8 Å². The van der Waals surface area contributed by atoms with Crippen LogP contribution >= 0.6 is 0 Å². The van der Waals surface area contributed by atoms with Gasteiger partial charge in [0.15, 0.2) is 0 Å². The normalized spacial score (nSPS) is 22.3. The number of benzene rings is 2. The fraction of sp³-hybridized carbons (Fsp3) is 0.435. The summed E-state index contributed by atoms with van der Waals surface area (Å²) in [4.78, 5) is 11.4. The van der Waals surface area contributed by atoms with Crippen LogP contribution in [0.2, 0.25) is 0 Å². The molecule has 0 unspecified atom stereocenters. The average Bonchev–Trinajstić information content (AvgIpc) is 3.17. The van der Waals surface area contributed by atoms with Crippen LogP contribution in [0.1, 0.15) is 29.0 Å². The SMILES string of the molecule is Cc1ccc(-c2cc3c4c(c2)[C@@H]2CNC[C@@H]2CN4CCC3)cc1.O=CC(F)(F)F. The van der Waals surface area contributed by atoms with Crippen molar-refractivity contribution < 1.29 is 18.0 Å². The molecule has 0 spiro atoms. The van der Waals surface area contributed by atoms with Crippen LogP contribution in [-0.2, 0) is 11.2 Å². The van der Waals surface area contributed by atoms with E-state index in [0.29, 0.717) is 5.92 Å². The van der Waals surface area contributed by atoms with Crippen molar-refractivity contribution in [1.29, 1.82) is 0 Å². The maximum Gasteiger partial charge on any atom is 0.446 e. The molecule has 0 bridgehead atoms. The van der Waals surface area contributed by atoms with Crippen molar-refractivity contribution in [2.45, 2.75) is 31.9 Å². The second-order valence-corrected chi connectivity index (χ2v) is 8.17. The highest BCUT2D eigenvalue weighted by molar-refractivity contribution is 5.74. The lowest BCUT2D eigenvalue weighted by molar-refractivity contribution is -0.156. The first-order chi connectivity index (χ1) is 13.9. The van der Waals surface area contributed by atoms with Crippen LogP contribution in [0.5, 0.6) is 0 Å². The Kier molecular flexibility index (Phi) is 5.38. The van der Waals surface area contributed by atoms with E-state index in [1.54, 1.807) is 16.8 Å². The third kappa shape index (κ3) is 4.17. The molecule has 0 radical (unpaired) electrons. The lowest BCUT2D eigenvalue weighted by Crippen LogP contribution is -2.40. The summed E-state index contributed by atoms with van der Waals surface area (Å²) in [6.07, 6.45) is -3.16. The van der Waals surface area contributed by atoms with E-state index in [9.17, 15) is 13.2 Å². The van der Waals surface area contributed by atoms with Crippen molar-refractivity contribution in [3.63, 3.8) is 0 Å². The Bertz CT molecular complexity index is 892. The third-order valence-corrected chi connectivity index (χ3v) is 6.12. The number of hydrogen-bond acceptors (Lipinski definition) is 3. The van der Waals surface area contributed by atoms with Crippen LogP contribution in [0.25, 0.3) is 11.1 Å². The molecule has 1 N–H and O–H groups in total. The standard InChI is InChI=1S/C21H24N2.C2HF3O/c1-14-4-6-15(7-5-14)17-9-16-3-2-8-23-13-18-11-22-12-20(18)19(10-17)21(16)23;3-2(4,5)1-6/h4-7,9-10,18,20,22H,2-3,8,11-13H2,1H3;1H/t18-,20-;/m1./s1. The predicted molar refractivity (Wildman–Crippen MR) is 108 cm³/mol. The first kappa shape index (κ1) is 20.0. The minimum atomic E-state index is -4.64. The van der Waals surface area contributed by atoms with Gasteiger partial charge in [-0.25, -0.2) is 0 Å². The van der Waals surface area contributed by atoms with E-state index < -0.39 is 12.5 Å². The molecule has 0 aliphatic carbocycles. The molecule has 1 fully saturated rings. The van der Waals surface area contributed by atoms with Gasteiger partial charge in [0, 0.05) is 37.8 Å². The molecular weight excluding hydrogens is 377 g/mol. The molecule has 3 aliphatic rings. The average molecular weight is 402 g/mol. The van der Waals surface area contributed by atoms with Gasteiger partial charge in [-0.05, 0) is 60.1 Å². The van der Waals surface area contributed by atoms with Crippen molar-refractivity contribution in [2.75, 3.05) is 31.1 Å². The Balaban J connectivity index is 0.000000302. The number of carbonyl (C=O) groups excluding carboxylic acids is 1. The first-order valence-corrected chi connectivity index (χ1v) is 10.1. The maximum absolute atomic E-state index is 10.4. The number of fused-ring (bicyclic) bond motifs is 2. The summed E-state index contributed by atoms with van der Waals surface area (Å²) in [5.74, 6) is 1.50. The fourth-order valence-electron chi connectivity index (χ4n) is 4.82. The van der Waals surface area contributed by atoms with Gasteiger partial charge in [0.25, 0.3) is 0 Å². The number of rotatable bonds is 1. The van der Waals surface area contributed by atoms with Gasteiger partial charge in [0.1, 0.15) is 0 Å². The number of nitrogens with zero attached hydrogens (tertiary/aromatic N) is 1. The zero-order valence-electron chi connectivity index (χ0n) is 16.4. The summed E-state index contributed by atoms with van der Waals surface area (Å²) in [7, 11) is 0. The number of aldehydes is 1. The summed E-state index contributed by atoms with van der Waals surface area (Å²) >= 11 is 0. The van der Waals surface area contributed by atoms with Crippen LogP contribution in [0.3, 0.4) is 0 Å². The molecule has 3 heterocycles. The molecule has 1 saturated heterocycles. The van der Waals surface area contributed by atoms with Crippen molar-refractivity contribution in [3.8, 4) is 11.1 Å². The van der Waals surface area contributed by atoms with E-state index in [1.165, 1.54) is 49.2 Å². The second-order valence-electron chi connectivity index (χ2n) is 8.17. The zero-order chi connectivity index (χ0) is 20.6. The molecule has 0 saturated carbocycles. The summed E-state index contributed by atoms with van der Waals surface area (Å²) in [6.45, 7) is 6.99. The topological polar surface area (TPSA) is 32.3 Å². The molecule has 0 amide bonds. The third-order valence-electron chi connectivity index (χ3n) is 6.12. The zero-order valence-corrected chi connectivity index (χ0v) is 16.4. The number of halogens is 3. The number of alkyl halides is 3. The van der Waals surface area contributed by atoms with Crippen LogP contribution in [0.15, 0.2) is 36.4 Å². The molecule has 29 heavy (non-hydrogen) atoms. The van der Waals surface area contributed by atoms with Gasteiger partial charge in [-0.1, -0.05) is 29.8 Å². The van der Waals surface area contributed by atoms with E-state index >= 15 is 0 Å². The Morgan fingerprint density at radius 3 is 2.52 bits per heavy atom. The predicted octanol–water partition coefficient (Wildman–Crippen LogP) is 4.48. The first-order valence-electron chi connectivity index (χ1n) is 10.1.